The van der Waals surface area contributed by atoms with E-state index in [9.17, 15) is 9.59 Å². The van der Waals surface area contributed by atoms with Crippen molar-refractivity contribution in [2.24, 2.45) is 0 Å². The van der Waals surface area contributed by atoms with Crippen LogP contribution >= 0.6 is 11.3 Å². The van der Waals surface area contributed by atoms with Crippen molar-refractivity contribution in [3.8, 4) is 16.3 Å². The second-order valence-electron chi connectivity index (χ2n) is 8.29. The van der Waals surface area contributed by atoms with E-state index in [1.165, 1.54) is 0 Å². The Morgan fingerprint density at radius 2 is 1.97 bits per heavy atom. The van der Waals surface area contributed by atoms with E-state index in [0.717, 1.165) is 16.2 Å². The van der Waals surface area contributed by atoms with Crippen LogP contribution in [-0.4, -0.2) is 46.6 Å². The fraction of sp³-hybridized carbons (Fsp3) is 0.280. The largest absolute Gasteiger partial charge is 0.497 e. The zero-order valence-electron chi connectivity index (χ0n) is 19.1. The third-order valence-electron chi connectivity index (χ3n) is 6.01. The van der Waals surface area contributed by atoms with Crippen LogP contribution in [0, 0.1) is 13.8 Å². The summed E-state index contributed by atoms with van der Waals surface area (Å²) in [5.41, 5.74) is 2.68. The van der Waals surface area contributed by atoms with E-state index in [4.69, 9.17) is 9.26 Å². The molecule has 0 bridgehead atoms. The van der Waals surface area contributed by atoms with Crippen LogP contribution < -0.4 is 10.1 Å². The van der Waals surface area contributed by atoms with Gasteiger partial charge >= 0.3 is 0 Å². The molecule has 2 amide bonds. The molecule has 1 atom stereocenters. The SMILES string of the molecule is COc1ccc(NC(=O)C2CCCN2C(=O)c2cc(-c3ccc(C)s3)nc3onc(C)c23)cc1. The Bertz CT molecular complexity index is 1380. The Morgan fingerprint density at radius 3 is 2.68 bits per heavy atom. The molecule has 0 spiro atoms. The first-order valence-corrected chi connectivity index (χ1v) is 11.9. The molecule has 1 N–H and O–H groups in total. The van der Waals surface area contributed by atoms with E-state index in [-0.39, 0.29) is 11.8 Å². The van der Waals surface area contributed by atoms with Gasteiger partial charge in [-0.25, -0.2) is 4.98 Å². The van der Waals surface area contributed by atoms with Gasteiger partial charge in [-0.2, -0.15) is 0 Å². The molecular weight excluding hydrogens is 452 g/mol. The van der Waals surface area contributed by atoms with Gasteiger partial charge in [-0.3, -0.25) is 9.59 Å². The lowest BCUT2D eigenvalue weighted by Gasteiger charge is -2.24. The number of ether oxygens (including phenoxy) is 1. The van der Waals surface area contributed by atoms with Crippen molar-refractivity contribution < 1.29 is 18.8 Å². The first kappa shape index (κ1) is 22.1. The summed E-state index contributed by atoms with van der Waals surface area (Å²) in [6.45, 7) is 4.31. The van der Waals surface area contributed by atoms with Crippen LogP contribution in [0.5, 0.6) is 5.75 Å². The standard InChI is InChI=1S/C25H24N4O4S/c1-14-6-11-21(34-14)19-13-18(22-15(2)28-33-24(22)27-19)25(31)29-12-4-5-20(29)23(30)26-16-7-9-17(32-3)10-8-16/h6-11,13,20H,4-5,12H2,1-3H3,(H,26,30). The van der Waals surface area contributed by atoms with Gasteiger partial charge in [-0.05, 0) is 69.2 Å². The van der Waals surface area contributed by atoms with E-state index in [1.54, 1.807) is 60.6 Å². The molecule has 0 aliphatic carbocycles. The van der Waals surface area contributed by atoms with E-state index < -0.39 is 6.04 Å². The molecule has 1 saturated heterocycles. The number of thiophene rings is 1. The number of anilines is 1. The molecule has 1 aliphatic rings. The number of amides is 2. The van der Waals surface area contributed by atoms with Crippen molar-refractivity contribution >= 4 is 39.9 Å². The second-order valence-corrected chi connectivity index (χ2v) is 9.58. The topological polar surface area (TPSA) is 97.6 Å². The maximum Gasteiger partial charge on any atom is 0.259 e. The van der Waals surface area contributed by atoms with Crippen LogP contribution in [0.1, 0.15) is 33.8 Å². The Kier molecular flexibility index (Phi) is 5.79. The Hall–Kier alpha value is -3.72. The number of aromatic nitrogens is 2. The monoisotopic (exact) mass is 476 g/mol. The molecule has 34 heavy (non-hydrogen) atoms. The summed E-state index contributed by atoms with van der Waals surface area (Å²) in [6.07, 6.45) is 1.35. The fourth-order valence-corrected chi connectivity index (χ4v) is 5.13. The summed E-state index contributed by atoms with van der Waals surface area (Å²) < 4.78 is 10.6. The number of methoxy groups -OCH3 is 1. The number of aryl methyl sites for hydroxylation is 2. The van der Waals surface area contributed by atoms with Gasteiger partial charge in [-0.15, -0.1) is 11.3 Å². The van der Waals surface area contributed by atoms with Crippen molar-refractivity contribution in [1.29, 1.82) is 0 Å². The molecular formula is C25H24N4O4S. The van der Waals surface area contributed by atoms with Gasteiger partial charge in [0.1, 0.15) is 11.8 Å². The van der Waals surface area contributed by atoms with Crippen LogP contribution in [-0.2, 0) is 4.79 Å². The number of carbonyl (C=O) groups excluding carboxylic acids is 2. The highest BCUT2D eigenvalue weighted by Crippen LogP contribution is 2.33. The number of likely N-dealkylation sites (tertiary alicyclic amines) is 1. The second kappa shape index (κ2) is 8.90. The van der Waals surface area contributed by atoms with Gasteiger partial charge in [0.15, 0.2) is 0 Å². The van der Waals surface area contributed by atoms with Crippen LogP contribution in [0.4, 0.5) is 5.69 Å². The lowest BCUT2D eigenvalue weighted by atomic mass is 10.1. The minimum Gasteiger partial charge on any atom is -0.497 e. The summed E-state index contributed by atoms with van der Waals surface area (Å²) in [5, 5.41) is 7.55. The summed E-state index contributed by atoms with van der Waals surface area (Å²) in [7, 11) is 1.59. The van der Waals surface area contributed by atoms with Crippen LogP contribution in [0.25, 0.3) is 21.7 Å². The molecule has 174 valence electrons. The molecule has 4 aromatic rings. The molecule has 1 fully saturated rings. The van der Waals surface area contributed by atoms with Crippen molar-refractivity contribution in [2.75, 3.05) is 19.0 Å². The molecule has 0 radical (unpaired) electrons. The number of nitrogens with one attached hydrogen (secondary N) is 1. The third kappa shape index (κ3) is 4.03. The zero-order chi connectivity index (χ0) is 23.8. The number of pyridine rings is 1. The van der Waals surface area contributed by atoms with Crippen LogP contribution in [0.2, 0.25) is 0 Å². The predicted molar refractivity (Wildman–Crippen MR) is 130 cm³/mol. The first-order chi connectivity index (χ1) is 16.4. The quantitative estimate of drug-likeness (QED) is 0.444. The van der Waals surface area contributed by atoms with Gasteiger partial charge in [0.2, 0.25) is 5.91 Å². The minimum absolute atomic E-state index is 0.211. The number of hydrogen-bond donors (Lipinski definition) is 1. The highest BCUT2D eigenvalue weighted by Gasteiger charge is 2.36. The number of carbonyl (C=O) groups is 2. The number of nitrogens with zero attached hydrogens (tertiary/aromatic N) is 3. The molecule has 4 heterocycles. The van der Waals surface area contributed by atoms with E-state index >= 15 is 0 Å². The highest BCUT2D eigenvalue weighted by molar-refractivity contribution is 7.15. The van der Waals surface area contributed by atoms with E-state index in [0.29, 0.717) is 52.5 Å². The van der Waals surface area contributed by atoms with Gasteiger partial charge in [0.05, 0.1) is 34.3 Å². The first-order valence-electron chi connectivity index (χ1n) is 11.0. The Balaban J connectivity index is 1.46. The van der Waals surface area contributed by atoms with Crippen LogP contribution in [0.3, 0.4) is 0 Å². The molecule has 9 heteroatoms. The summed E-state index contributed by atoms with van der Waals surface area (Å²) in [4.78, 5) is 35.2. The van der Waals surface area contributed by atoms with Gasteiger partial charge in [0.25, 0.3) is 11.6 Å². The summed E-state index contributed by atoms with van der Waals surface area (Å²) >= 11 is 1.60. The van der Waals surface area contributed by atoms with Gasteiger partial charge in [0, 0.05) is 17.1 Å². The third-order valence-corrected chi connectivity index (χ3v) is 7.04. The average Bonchev–Trinajstić information content (AvgIpc) is 3.59. The maximum absolute atomic E-state index is 13.8. The molecule has 1 aromatic carbocycles. The fourth-order valence-electron chi connectivity index (χ4n) is 4.30. The van der Waals surface area contributed by atoms with Crippen LogP contribution in [0.15, 0.2) is 47.0 Å². The molecule has 1 aliphatic heterocycles. The molecule has 1 unspecified atom stereocenters. The van der Waals surface area contributed by atoms with Crippen molar-refractivity contribution in [3.05, 3.63) is 58.6 Å². The summed E-state index contributed by atoms with van der Waals surface area (Å²) in [5.74, 6) is 0.274. The molecule has 0 saturated carbocycles. The van der Waals surface area contributed by atoms with Crippen molar-refractivity contribution in [3.63, 3.8) is 0 Å². The number of hydrogen-bond acceptors (Lipinski definition) is 7. The molecule has 8 nitrogen and oxygen atoms in total. The number of rotatable bonds is 5. The normalized spacial score (nSPS) is 15.6. The Labute approximate surface area is 200 Å². The van der Waals surface area contributed by atoms with Gasteiger partial charge < -0.3 is 19.5 Å². The zero-order valence-corrected chi connectivity index (χ0v) is 19.9. The van der Waals surface area contributed by atoms with E-state index in [2.05, 4.69) is 15.5 Å². The van der Waals surface area contributed by atoms with Crippen molar-refractivity contribution in [1.82, 2.24) is 15.0 Å². The Morgan fingerprint density at radius 1 is 1.18 bits per heavy atom. The average molecular weight is 477 g/mol. The lowest BCUT2D eigenvalue weighted by molar-refractivity contribution is -0.119. The number of benzene rings is 1. The molecule has 3 aromatic heterocycles. The predicted octanol–water partition coefficient (Wildman–Crippen LogP) is 4.82. The van der Waals surface area contributed by atoms with E-state index in [1.807, 2.05) is 19.1 Å². The summed E-state index contributed by atoms with van der Waals surface area (Å²) in [6, 6.07) is 12.3. The number of fused-ring (bicyclic) bond motifs is 1. The maximum atomic E-state index is 13.8. The smallest absolute Gasteiger partial charge is 0.259 e. The minimum atomic E-state index is -0.564. The highest BCUT2D eigenvalue weighted by atomic mass is 32.1. The molecule has 5 rings (SSSR count). The van der Waals surface area contributed by atoms with Gasteiger partial charge in [-0.1, -0.05) is 5.16 Å². The lowest BCUT2D eigenvalue weighted by Crippen LogP contribution is -2.43. The van der Waals surface area contributed by atoms with Crippen molar-refractivity contribution in [2.45, 2.75) is 32.7 Å².